The predicted octanol–water partition coefficient (Wildman–Crippen LogP) is 0.146. The summed E-state index contributed by atoms with van der Waals surface area (Å²) in [6, 6.07) is -1.01. The SMILES string of the molecule is CO/N=C(\C(=O)N[C@@H]1C(=O)N2C(C(=O)O)=C(COC(C)=O)CSC12)c1csc(CC(=O)CCl)n1. The molecule has 2 atom stereocenters. The maximum absolute atomic E-state index is 12.9. The molecule has 1 aromatic rings. The molecular weight excluding hydrogens is 512 g/mol. The van der Waals surface area contributed by atoms with Crippen LogP contribution in [0.4, 0.5) is 0 Å². The fourth-order valence-corrected chi connectivity index (χ4v) is 5.43. The Morgan fingerprint density at radius 1 is 1.38 bits per heavy atom. The molecule has 0 aromatic carbocycles. The van der Waals surface area contributed by atoms with Crippen molar-refractivity contribution in [3.8, 4) is 0 Å². The third kappa shape index (κ3) is 5.39. The number of oxime groups is 1. The van der Waals surface area contributed by atoms with Crippen LogP contribution in [0.2, 0.25) is 0 Å². The fraction of sp³-hybridized carbons (Fsp3) is 0.421. The van der Waals surface area contributed by atoms with E-state index in [1.54, 1.807) is 0 Å². The van der Waals surface area contributed by atoms with E-state index in [1.165, 1.54) is 31.2 Å². The van der Waals surface area contributed by atoms with Gasteiger partial charge in [0.1, 0.15) is 41.5 Å². The molecule has 34 heavy (non-hydrogen) atoms. The third-order valence-electron chi connectivity index (χ3n) is 4.68. The number of carbonyl (C=O) groups is 5. The van der Waals surface area contributed by atoms with Gasteiger partial charge in [-0.3, -0.25) is 24.1 Å². The van der Waals surface area contributed by atoms with Gasteiger partial charge < -0.3 is 20.0 Å². The molecule has 2 N–H and O–H groups in total. The van der Waals surface area contributed by atoms with Crippen molar-refractivity contribution >= 4 is 69.9 Å². The first-order valence-corrected chi connectivity index (χ1v) is 12.1. The zero-order valence-electron chi connectivity index (χ0n) is 17.9. The van der Waals surface area contributed by atoms with Gasteiger partial charge in [-0.15, -0.1) is 34.7 Å². The molecule has 0 bridgehead atoms. The number of rotatable bonds is 10. The quantitative estimate of drug-likeness (QED) is 0.140. The molecule has 2 aliphatic rings. The number of hydrogen-bond acceptors (Lipinski definition) is 11. The van der Waals surface area contributed by atoms with Gasteiger partial charge >= 0.3 is 11.9 Å². The molecular formula is C19H19ClN4O8S2. The molecule has 1 saturated heterocycles. The lowest BCUT2D eigenvalue weighted by Crippen LogP contribution is -2.71. The summed E-state index contributed by atoms with van der Waals surface area (Å²) in [5.41, 5.74) is -0.0408. The van der Waals surface area contributed by atoms with E-state index in [4.69, 9.17) is 21.2 Å². The van der Waals surface area contributed by atoms with Gasteiger partial charge in [0.25, 0.3) is 11.8 Å². The highest BCUT2D eigenvalue weighted by atomic mass is 35.5. The molecule has 2 amide bonds. The topological polar surface area (TPSA) is 165 Å². The number of fused-ring (bicyclic) bond motifs is 1. The number of ketones is 1. The number of aliphatic carboxylic acids is 1. The number of carboxylic acids is 1. The van der Waals surface area contributed by atoms with Crippen LogP contribution in [0.15, 0.2) is 21.8 Å². The number of halogens is 1. The molecule has 15 heteroatoms. The number of aromatic nitrogens is 1. The summed E-state index contributed by atoms with van der Waals surface area (Å²) < 4.78 is 4.89. The highest BCUT2D eigenvalue weighted by Gasteiger charge is 2.54. The van der Waals surface area contributed by atoms with Crippen molar-refractivity contribution in [1.82, 2.24) is 15.2 Å². The highest BCUT2D eigenvalue weighted by Crippen LogP contribution is 2.40. The molecule has 0 spiro atoms. The van der Waals surface area contributed by atoms with Crippen molar-refractivity contribution in [2.24, 2.45) is 5.16 Å². The summed E-state index contributed by atoms with van der Waals surface area (Å²) in [4.78, 5) is 70.1. The second-order valence-electron chi connectivity index (χ2n) is 7.00. The van der Waals surface area contributed by atoms with Gasteiger partial charge in [0.2, 0.25) is 0 Å². The minimum atomic E-state index is -1.34. The summed E-state index contributed by atoms with van der Waals surface area (Å²) in [6.07, 6.45) is 0.00477. The molecule has 0 radical (unpaired) electrons. The first kappa shape index (κ1) is 25.6. The average molecular weight is 531 g/mol. The Hall–Kier alpha value is -2.97. The number of β-lactam (4-membered cyclic amide) rings is 1. The maximum atomic E-state index is 12.9. The normalized spacial score (nSPS) is 19.8. The lowest BCUT2D eigenvalue weighted by Gasteiger charge is -2.49. The molecule has 3 heterocycles. The summed E-state index contributed by atoms with van der Waals surface area (Å²) in [6.45, 7) is 0.945. The summed E-state index contributed by atoms with van der Waals surface area (Å²) in [5, 5.41) is 17.1. The van der Waals surface area contributed by atoms with Gasteiger partial charge in [0.05, 0.1) is 12.3 Å². The Morgan fingerprint density at radius 3 is 2.74 bits per heavy atom. The Bertz CT molecular complexity index is 1100. The molecule has 0 saturated carbocycles. The molecule has 1 fully saturated rings. The number of ether oxygens (including phenoxy) is 1. The van der Waals surface area contributed by atoms with Gasteiger partial charge in [-0.2, -0.15) is 0 Å². The van der Waals surface area contributed by atoms with E-state index in [2.05, 4.69) is 15.5 Å². The Kier molecular flexibility index (Phi) is 8.28. The van der Waals surface area contributed by atoms with Crippen LogP contribution in [0.5, 0.6) is 0 Å². The van der Waals surface area contributed by atoms with Crippen molar-refractivity contribution in [3.63, 3.8) is 0 Å². The van der Waals surface area contributed by atoms with E-state index < -0.39 is 35.2 Å². The minimum absolute atomic E-state index is 0.00477. The van der Waals surface area contributed by atoms with Crippen molar-refractivity contribution < 1.29 is 38.7 Å². The molecule has 3 rings (SSSR count). The van der Waals surface area contributed by atoms with Crippen LogP contribution in [0, 0.1) is 0 Å². The number of alkyl halides is 1. The van der Waals surface area contributed by atoms with Crippen LogP contribution in [0.25, 0.3) is 0 Å². The minimum Gasteiger partial charge on any atom is -0.477 e. The zero-order valence-corrected chi connectivity index (χ0v) is 20.3. The molecule has 0 aliphatic carbocycles. The molecule has 1 aromatic heterocycles. The number of thioether (sulfide) groups is 1. The van der Waals surface area contributed by atoms with Gasteiger partial charge in [0, 0.05) is 23.6 Å². The predicted molar refractivity (Wildman–Crippen MR) is 121 cm³/mol. The number of thiazole rings is 1. The Balaban J connectivity index is 1.75. The smallest absolute Gasteiger partial charge is 0.352 e. The van der Waals surface area contributed by atoms with Crippen LogP contribution >= 0.6 is 34.7 Å². The van der Waals surface area contributed by atoms with Crippen LogP contribution in [-0.4, -0.2) is 87.0 Å². The van der Waals surface area contributed by atoms with Crippen molar-refractivity contribution in [1.29, 1.82) is 0 Å². The lowest BCUT2D eigenvalue weighted by molar-refractivity contribution is -0.150. The van der Waals surface area contributed by atoms with Gasteiger partial charge in [-0.25, -0.2) is 9.78 Å². The summed E-state index contributed by atoms with van der Waals surface area (Å²) >= 11 is 7.87. The second-order valence-corrected chi connectivity index (χ2v) is 9.31. The van der Waals surface area contributed by atoms with Crippen LogP contribution in [-0.2, 0) is 40.0 Å². The number of hydrogen-bond donors (Lipinski definition) is 2. The number of amides is 2. The van der Waals surface area contributed by atoms with Crippen molar-refractivity contribution in [2.75, 3.05) is 25.3 Å². The number of carboxylic acid groups (broad SMARTS) is 1. The van der Waals surface area contributed by atoms with Crippen LogP contribution in [0.1, 0.15) is 17.6 Å². The van der Waals surface area contributed by atoms with E-state index in [1.807, 2.05) is 0 Å². The van der Waals surface area contributed by atoms with E-state index in [0.717, 1.165) is 16.2 Å². The fourth-order valence-electron chi connectivity index (χ4n) is 3.21. The third-order valence-corrected chi connectivity index (χ3v) is 7.16. The van der Waals surface area contributed by atoms with E-state index in [0.29, 0.717) is 5.01 Å². The van der Waals surface area contributed by atoms with E-state index in [-0.39, 0.29) is 53.1 Å². The monoisotopic (exact) mass is 530 g/mol. The highest BCUT2D eigenvalue weighted by molar-refractivity contribution is 8.00. The van der Waals surface area contributed by atoms with Gasteiger partial charge in [-0.1, -0.05) is 5.16 Å². The number of carbonyl (C=O) groups excluding carboxylic acids is 4. The number of nitrogens with zero attached hydrogens (tertiary/aromatic N) is 3. The average Bonchev–Trinajstić information content (AvgIpc) is 3.26. The van der Waals surface area contributed by atoms with Crippen LogP contribution in [0.3, 0.4) is 0 Å². The maximum Gasteiger partial charge on any atom is 0.352 e. The number of esters is 1. The molecule has 1 unspecified atom stereocenters. The van der Waals surface area contributed by atoms with Crippen molar-refractivity contribution in [2.45, 2.75) is 24.8 Å². The Labute approximate surface area is 206 Å². The molecule has 12 nitrogen and oxygen atoms in total. The van der Waals surface area contributed by atoms with Crippen molar-refractivity contribution in [3.05, 3.63) is 27.4 Å². The van der Waals surface area contributed by atoms with Gasteiger partial charge in [-0.05, 0) is 0 Å². The lowest BCUT2D eigenvalue weighted by atomic mass is 10.0. The largest absolute Gasteiger partial charge is 0.477 e. The van der Waals surface area contributed by atoms with Crippen LogP contribution < -0.4 is 5.32 Å². The first-order chi connectivity index (χ1) is 16.2. The zero-order chi connectivity index (χ0) is 25.0. The standard InChI is InChI=1S/C19H19ClN4O8S2/c1-8(25)32-5-9-6-34-18-14(17(28)24(18)15(9)19(29)30)22-16(27)13(23-31-2)11-7-33-12(21-11)3-10(26)4-20/h7,14,18H,3-6H2,1-2H3,(H,22,27)(H,29,30)/b23-13-/t14-,18?/m1/s1. The molecule has 182 valence electrons. The molecule has 2 aliphatic heterocycles. The van der Waals surface area contributed by atoms with E-state index >= 15 is 0 Å². The van der Waals surface area contributed by atoms with E-state index in [9.17, 15) is 29.1 Å². The summed E-state index contributed by atoms with van der Waals surface area (Å²) in [5.74, 6) is -3.51. The van der Waals surface area contributed by atoms with Gasteiger partial charge in [0.15, 0.2) is 11.5 Å². The number of nitrogens with one attached hydrogen (secondary N) is 1. The Morgan fingerprint density at radius 2 is 2.12 bits per heavy atom. The number of Topliss-reactive ketones (excluding diaryl/α,β-unsaturated/α-hetero) is 1. The summed E-state index contributed by atoms with van der Waals surface area (Å²) in [7, 11) is 1.24. The first-order valence-electron chi connectivity index (χ1n) is 9.65. The second kappa shape index (κ2) is 11.0.